The maximum Gasteiger partial charge on any atom is 0.261 e. The summed E-state index contributed by atoms with van der Waals surface area (Å²) in [5.74, 6) is 0. The van der Waals surface area contributed by atoms with Crippen LogP contribution in [0.15, 0.2) is 23.4 Å². The van der Waals surface area contributed by atoms with Gasteiger partial charge in [0.05, 0.1) is 25.4 Å². The summed E-state index contributed by atoms with van der Waals surface area (Å²) in [5, 5.41) is 8.95. The molecule has 1 aromatic heterocycles. The Balaban J connectivity index is 2.35. The molecule has 0 aliphatic carbocycles. The summed E-state index contributed by atoms with van der Waals surface area (Å²) >= 11 is 0. The van der Waals surface area contributed by atoms with E-state index in [2.05, 4.69) is 4.98 Å². The van der Waals surface area contributed by atoms with Crippen molar-refractivity contribution < 1.29 is 18.3 Å². The quantitative estimate of drug-likeness (QED) is 0.868. The maximum atomic E-state index is 12.5. The summed E-state index contributed by atoms with van der Waals surface area (Å²) < 4.78 is 31.8. The number of hydrogen-bond donors (Lipinski definition) is 1. The lowest BCUT2D eigenvalue weighted by molar-refractivity contribution is -0.00782. The van der Waals surface area contributed by atoms with Gasteiger partial charge in [0.25, 0.3) is 10.0 Å². The topological polar surface area (TPSA) is 79.7 Å². The Morgan fingerprint density at radius 2 is 2.21 bits per heavy atom. The zero-order chi connectivity index (χ0) is 14.1. The van der Waals surface area contributed by atoms with E-state index in [-0.39, 0.29) is 11.6 Å². The molecule has 1 fully saturated rings. The average molecular weight is 286 g/mol. The second kappa shape index (κ2) is 5.16. The van der Waals surface area contributed by atoms with Gasteiger partial charge in [0, 0.05) is 12.7 Å². The summed E-state index contributed by atoms with van der Waals surface area (Å²) in [6, 6.07) is 2.99. The molecule has 1 aliphatic rings. The normalized spacial score (nSPS) is 20.4. The van der Waals surface area contributed by atoms with Gasteiger partial charge in [-0.15, -0.1) is 0 Å². The van der Waals surface area contributed by atoms with Crippen LogP contribution in [0.2, 0.25) is 0 Å². The molecule has 0 unspecified atom stereocenters. The molecule has 106 valence electrons. The summed E-state index contributed by atoms with van der Waals surface area (Å²) in [5.41, 5.74) is -0.00537. The number of rotatable bonds is 3. The minimum absolute atomic E-state index is 0.000301. The number of aromatic nitrogens is 1. The number of morpholine rings is 1. The lowest BCUT2D eigenvalue weighted by Crippen LogP contribution is -2.55. The number of aliphatic hydroxyl groups is 1. The van der Waals surface area contributed by atoms with Gasteiger partial charge in [-0.1, -0.05) is 6.07 Å². The third-order valence-corrected chi connectivity index (χ3v) is 5.13. The van der Waals surface area contributed by atoms with Crippen LogP contribution in [0.25, 0.3) is 0 Å². The van der Waals surface area contributed by atoms with Crippen molar-refractivity contribution in [2.45, 2.75) is 31.0 Å². The van der Waals surface area contributed by atoms with E-state index >= 15 is 0 Å². The highest BCUT2D eigenvalue weighted by atomic mass is 32.2. The molecule has 1 N–H and O–H groups in total. The van der Waals surface area contributed by atoms with Gasteiger partial charge < -0.3 is 9.84 Å². The molecule has 0 saturated carbocycles. The standard InChI is InChI=1S/C12H18N2O4S/c1-12(2)9-18-6-5-14(12)19(16,17)11-4-3-10(8-15)7-13-11/h3-4,7,15H,5-6,8-9H2,1-2H3. The Bertz CT molecular complexity index is 539. The third-order valence-electron chi connectivity index (χ3n) is 3.10. The zero-order valence-corrected chi connectivity index (χ0v) is 11.9. The second-order valence-electron chi connectivity index (χ2n) is 5.10. The van der Waals surface area contributed by atoms with E-state index in [0.717, 1.165) is 0 Å². The predicted octanol–water partition coefficient (Wildman–Crippen LogP) is 0.373. The van der Waals surface area contributed by atoms with Gasteiger partial charge in [-0.25, -0.2) is 13.4 Å². The van der Waals surface area contributed by atoms with Crippen molar-refractivity contribution in [1.82, 2.24) is 9.29 Å². The van der Waals surface area contributed by atoms with Crippen LogP contribution in [0.4, 0.5) is 0 Å². The molecule has 2 rings (SSSR count). The summed E-state index contributed by atoms with van der Waals surface area (Å²) in [6.45, 7) is 4.56. The van der Waals surface area contributed by atoms with Crippen LogP contribution in [0, 0.1) is 0 Å². The largest absolute Gasteiger partial charge is 0.392 e. The van der Waals surface area contributed by atoms with Gasteiger partial charge in [-0.05, 0) is 25.5 Å². The summed E-state index contributed by atoms with van der Waals surface area (Å²) in [4.78, 5) is 3.93. The second-order valence-corrected chi connectivity index (χ2v) is 6.91. The van der Waals surface area contributed by atoms with Crippen molar-refractivity contribution in [3.8, 4) is 0 Å². The average Bonchev–Trinajstić information content (AvgIpc) is 2.38. The van der Waals surface area contributed by atoms with E-state index in [1.54, 1.807) is 6.07 Å². The van der Waals surface area contributed by atoms with Crippen molar-refractivity contribution in [3.05, 3.63) is 23.9 Å². The van der Waals surface area contributed by atoms with Gasteiger partial charge in [-0.3, -0.25) is 0 Å². The van der Waals surface area contributed by atoms with E-state index in [9.17, 15) is 8.42 Å². The molecule has 1 saturated heterocycles. The van der Waals surface area contributed by atoms with E-state index in [0.29, 0.717) is 25.3 Å². The van der Waals surface area contributed by atoms with Crippen molar-refractivity contribution in [2.75, 3.05) is 19.8 Å². The molecule has 2 heterocycles. The fourth-order valence-electron chi connectivity index (χ4n) is 2.06. The molecule has 6 nitrogen and oxygen atoms in total. The first kappa shape index (κ1) is 14.4. The van der Waals surface area contributed by atoms with Crippen molar-refractivity contribution in [2.24, 2.45) is 0 Å². The van der Waals surface area contributed by atoms with Crippen molar-refractivity contribution >= 4 is 10.0 Å². The molecule has 19 heavy (non-hydrogen) atoms. The predicted molar refractivity (Wildman–Crippen MR) is 68.9 cm³/mol. The minimum Gasteiger partial charge on any atom is -0.392 e. The fraction of sp³-hybridized carbons (Fsp3) is 0.583. The van der Waals surface area contributed by atoms with Gasteiger partial charge in [-0.2, -0.15) is 4.31 Å². The molecule has 0 aromatic carbocycles. The maximum absolute atomic E-state index is 12.5. The Morgan fingerprint density at radius 1 is 1.47 bits per heavy atom. The molecular formula is C12H18N2O4S. The first-order valence-electron chi connectivity index (χ1n) is 6.04. The number of hydrogen-bond acceptors (Lipinski definition) is 5. The Labute approximate surface area is 113 Å². The van der Waals surface area contributed by atoms with E-state index in [4.69, 9.17) is 9.84 Å². The highest BCUT2D eigenvalue weighted by Gasteiger charge is 2.40. The fourth-order valence-corrected chi connectivity index (χ4v) is 3.73. The lowest BCUT2D eigenvalue weighted by atomic mass is 10.1. The molecule has 1 aliphatic heterocycles. The molecule has 0 spiro atoms. The first-order chi connectivity index (χ1) is 8.88. The monoisotopic (exact) mass is 286 g/mol. The van der Waals surface area contributed by atoms with E-state index in [1.165, 1.54) is 16.6 Å². The summed E-state index contributed by atoms with van der Waals surface area (Å²) in [7, 11) is -3.63. The highest BCUT2D eigenvalue weighted by molar-refractivity contribution is 7.89. The smallest absolute Gasteiger partial charge is 0.261 e. The number of ether oxygens (including phenoxy) is 1. The number of aliphatic hydroxyl groups excluding tert-OH is 1. The number of pyridine rings is 1. The van der Waals surface area contributed by atoms with Crippen LogP contribution in [0.1, 0.15) is 19.4 Å². The zero-order valence-electron chi connectivity index (χ0n) is 11.0. The molecule has 0 bridgehead atoms. The SMILES string of the molecule is CC1(C)COCCN1S(=O)(=O)c1ccc(CO)cn1. The van der Waals surface area contributed by atoms with Crippen LogP contribution >= 0.6 is 0 Å². The highest BCUT2D eigenvalue weighted by Crippen LogP contribution is 2.26. The van der Waals surface area contributed by atoms with Gasteiger partial charge in [0.1, 0.15) is 0 Å². The van der Waals surface area contributed by atoms with Crippen LogP contribution in [-0.4, -0.2) is 48.1 Å². The lowest BCUT2D eigenvalue weighted by Gasteiger charge is -2.40. The van der Waals surface area contributed by atoms with Crippen LogP contribution in [0.5, 0.6) is 0 Å². The number of sulfonamides is 1. The van der Waals surface area contributed by atoms with Crippen LogP contribution in [-0.2, 0) is 21.4 Å². The first-order valence-corrected chi connectivity index (χ1v) is 7.48. The molecule has 7 heteroatoms. The third kappa shape index (κ3) is 2.79. The van der Waals surface area contributed by atoms with Crippen LogP contribution < -0.4 is 0 Å². The van der Waals surface area contributed by atoms with Crippen LogP contribution in [0.3, 0.4) is 0 Å². The van der Waals surface area contributed by atoms with E-state index in [1.807, 2.05) is 13.8 Å². The van der Waals surface area contributed by atoms with Crippen molar-refractivity contribution in [1.29, 1.82) is 0 Å². The molecular weight excluding hydrogens is 268 g/mol. The van der Waals surface area contributed by atoms with E-state index < -0.39 is 15.6 Å². The van der Waals surface area contributed by atoms with Gasteiger partial charge >= 0.3 is 0 Å². The minimum atomic E-state index is -3.63. The Morgan fingerprint density at radius 3 is 2.74 bits per heavy atom. The molecule has 1 aromatic rings. The van der Waals surface area contributed by atoms with Crippen molar-refractivity contribution in [3.63, 3.8) is 0 Å². The Kier molecular flexibility index (Phi) is 3.91. The van der Waals surface area contributed by atoms with Gasteiger partial charge in [0.2, 0.25) is 0 Å². The molecule has 0 amide bonds. The number of nitrogens with zero attached hydrogens (tertiary/aromatic N) is 2. The molecule has 0 atom stereocenters. The Hall–Kier alpha value is -1.02. The molecule has 0 radical (unpaired) electrons. The summed E-state index contributed by atoms with van der Waals surface area (Å²) in [6.07, 6.45) is 1.38. The van der Waals surface area contributed by atoms with Gasteiger partial charge in [0.15, 0.2) is 5.03 Å².